The van der Waals surface area contributed by atoms with Crippen molar-refractivity contribution in [3.8, 4) is 17.4 Å². The second kappa shape index (κ2) is 15.9. The number of hydrogen-bond acceptors (Lipinski definition) is 11. The number of ether oxygens (including phenoxy) is 4. The highest BCUT2D eigenvalue weighted by Gasteiger charge is 2.62. The minimum Gasteiger partial charge on any atom is -0.496 e. The molecule has 3 N–H and O–H groups in total. The van der Waals surface area contributed by atoms with Crippen molar-refractivity contribution in [3.05, 3.63) is 35.9 Å². The van der Waals surface area contributed by atoms with Crippen LogP contribution in [0, 0.1) is 12.8 Å². The van der Waals surface area contributed by atoms with Crippen LogP contribution in [0.1, 0.15) is 91.0 Å². The van der Waals surface area contributed by atoms with E-state index in [1.165, 1.54) is 4.90 Å². The number of sulfonamides is 1. The van der Waals surface area contributed by atoms with E-state index in [9.17, 15) is 27.6 Å². The fraction of sp³-hybridized carbons (Fsp3) is 0.615. The van der Waals surface area contributed by atoms with Gasteiger partial charge in [0.05, 0.1) is 31.0 Å². The van der Waals surface area contributed by atoms with Crippen LogP contribution in [0.4, 0.5) is 4.79 Å². The molecule has 1 aromatic heterocycles. The van der Waals surface area contributed by atoms with Gasteiger partial charge in [0, 0.05) is 29.4 Å². The van der Waals surface area contributed by atoms with Gasteiger partial charge >= 0.3 is 6.09 Å². The monoisotopic (exact) mass is 783 g/mol. The van der Waals surface area contributed by atoms with E-state index in [1.54, 1.807) is 33.9 Å². The summed E-state index contributed by atoms with van der Waals surface area (Å²) in [6.07, 6.45) is 6.68. The first-order valence-corrected chi connectivity index (χ1v) is 20.7. The molecule has 1 aromatic carbocycles. The van der Waals surface area contributed by atoms with Gasteiger partial charge in [-0.1, -0.05) is 25.0 Å². The van der Waals surface area contributed by atoms with E-state index in [0.29, 0.717) is 67.0 Å². The fourth-order valence-electron chi connectivity index (χ4n) is 7.37. The molecule has 4 amide bonds. The Morgan fingerprint density at radius 1 is 1.09 bits per heavy atom. The lowest BCUT2D eigenvalue weighted by molar-refractivity contribution is -0.141. The van der Waals surface area contributed by atoms with Gasteiger partial charge < -0.3 is 34.5 Å². The zero-order valence-electron chi connectivity index (χ0n) is 32.4. The van der Waals surface area contributed by atoms with Gasteiger partial charge in [0.2, 0.25) is 27.7 Å². The smallest absolute Gasteiger partial charge is 0.408 e. The van der Waals surface area contributed by atoms with Crippen molar-refractivity contribution in [3.63, 3.8) is 0 Å². The number of carbonyl (C=O) groups is 4. The van der Waals surface area contributed by atoms with Crippen LogP contribution in [0.2, 0.25) is 0 Å². The minimum atomic E-state index is -3.90. The highest BCUT2D eigenvalue weighted by Crippen LogP contribution is 2.46. The lowest BCUT2D eigenvalue weighted by atomic mass is 10.0. The number of rotatable bonds is 9. The summed E-state index contributed by atoms with van der Waals surface area (Å²) in [6, 6.07) is 3.17. The van der Waals surface area contributed by atoms with Gasteiger partial charge in [0.25, 0.3) is 5.91 Å². The third-order valence-electron chi connectivity index (χ3n) is 10.5. The van der Waals surface area contributed by atoms with Crippen LogP contribution in [-0.2, 0) is 29.1 Å². The molecule has 0 spiro atoms. The molecule has 300 valence electrons. The molecule has 1 unspecified atom stereocenters. The van der Waals surface area contributed by atoms with Crippen LogP contribution in [0.3, 0.4) is 0 Å². The molecule has 55 heavy (non-hydrogen) atoms. The maximum Gasteiger partial charge on any atom is 0.408 e. The van der Waals surface area contributed by atoms with Gasteiger partial charge in [-0.2, -0.15) is 0 Å². The third-order valence-corrected chi connectivity index (χ3v) is 12.3. The molecule has 15 nitrogen and oxygen atoms in total. The first-order chi connectivity index (χ1) is 26.0. The molecule has 2 aromatic rings. The van der Waals surface area contributed by atoms with Crippen molar-refractivity contribution < 1.29 is 46.5 Å². The minimum absolute atomic E-state index is 0.0229. The number of alkyl carbamates (subject to hydrolysis) is 1. The standard InChI is InChI=1S/C39H53N5O10S/c1-7-52-32-20-31(27-17-18-30(51-6)23(2)33(27)41-32)53-25-19-29-34(45)42-39(36(47)43-55(49,50)26-15-16-26)21-24(39)13-11-9-8-10-12-14-28(35(46)44(29)22-25)40-37(48)54-38(3,4)5/h11,13,17-18,20,24-26,28-29H,7-10,12,14-16,19,21-22H2,1-6H3,(H,40,48)(H,42,45)(H,43,47)/b13-11-/t24?,25-,28+,29+,39-/m1/s1. The van der Waals surface area contributed by atoms with Crippen molar-refractivity contribution in [1.82, 2.24) is 25.2 Å². The molecule has 4 aliphatic rings. The summed E-state index contributed by atoms with van der Waals surface area (Å²) in [5, 5.41) is 5.68. The number of carbonyl (C=O) groups excluding carboxylic acids is 4. The van der Waals surface area contributed by atoms with E-state index in [4.69, 9.17) is 18.9 Å². The number of methoxy groups -OCH3 is 1. The number of aromatic nitrogens is 1. The van der Waals surface area contributed by atoms with Crippen LogP contribution < -0.4 is 29.6 Å². The molecule has 2 aliphatic heterocycles. The van der Waals surface area contributed by atoms with E-state index in [1.807, 2.05) is 38.1 Å². The van der Waals surface area contributed by atoms with Crippen LogP contribution in [0.5, 0.6) is 17.4 Å². The number of allylic oxidation sites excluding steroid dienone is 1. The topological polar surface area (TPSA) is 192 Å². The predicted molar refractivity (Wildman–Crippen MR) is 203 cm³/mol. The summed E-state index contributed by atoms with van der Waals surface area (Å²) in [5.74, 6) is -0.970. The van der Waals surface area contributed by atoms with Crippen molar-refractivity contribution in [2.24, 2.45) is 5.92 Å². The molecule has 5 atom stereocenters. The Bertz CT molecular complexity index is 1960. The largest absolute Gasteiger partial charge is 0.496 e. The van der Waals surface area contributed by atoms with Gasteiger partial charge in [-0.25, -0.2) is 18.2 Å². The summed E-state index contributed by atoms with van der Waals surface area (Å²) >= 11 is 0. The Hall–Kier alpha value is -4.60. The molecule has 2 saturated carbocycles. The summed E-state index contributed by atoms with van der Waals surface area (Å²) < 4.78 is 51.4. The van der Waals surface area contributed by atoms with Gasteiger partial charge in [0.15, 0.2) is 0 Å². The van der Waals surface area contributed by atoms with Crippen LogP contribution in [0.15, 0.2) is 30.4 Å². The van der Waals surface area contributed by atoms with E-state index < -0.39 is 74.3 Å². The Balaban J connectivity index is 1.34. The molecule has 1 saturated heterocycles. The average molecular weight is 784 g/mol. The quantitative estimate of drug-likeness (QED) is 0.309. The van der Waals surface area contributed by atoms with Crippen molar-refractivity contribution in [2.45, 2.75) is 127 Å². The molecular formula is C39H53N5O10S. The summed E-state index contributed by atoms with van der Waals surface area (Å²) in [7, 11) is -2.33. The SMILES string of the molecule is CCOc1cc(O[C@@H]2C[C@H]3C(=O)N[C@]4(C(=O)NS(=O)(=O)C5CC5)CC4/C=C\CCCCC[C@H](NC(=O)OC(C)(C)C)C(=O)N3C2)c2ccc(OC)c(C)c2n1. The number of aryl methyl sites for hydroxylation is 1. The molecule has 16 heteroatoms. The van der Waals surface area contributed by atoms with E-state index in [0.717, 1.165) is 18.4 Å². The zero-order valence-corrected chi connectivity index (χ0v) is 33.3. The number of fused-ring (bicyclic) bond motifs is 3. The van der Waals surface area contributed by atoms with Crippen LogP contribution in [0.25, 0.3) is 10.9 Å². The summed E-state index contributed by atoms with van der Waals surface area (Å²) in [5.41, 5.74) is -0.948. The van der Waals surface area contributed by atoms with Gasteiger partial charge in [-0.05, 0) is 85.3 Å². The van der Waals surface area contributed by atoms with Gasteiger partial charge in [-0.3, -0.25) is 19.1 Å². The molecule has 2 aliphatic carbocycles. The molecule has 0 radical (unpaired) electrons. The second-order valence-corrected chi connectivity index (χ2v) is 17.8. The Morgan fingerprint density at radius 3 is 2.55 bits per heavy atom. The highest BCUT2D eigenvalue weighted by molar-refractivity contribution is 7.91. The van der Waals surface area contributed by atoms with Crippen molar-refractivity contribution in [2.75, 3.05) is 20.3 Å². The predicted octanol–water partition coefficient (Wildman–Crippen LogP) is 4.20. The van der Waals surface area contributed by atoms with Crippen LogP contribution in [-0.4, -0.2) is 97.0 Å². The average Bonchev–Trinajstić information content (AvgIpc) is 4.03. The first kappa shape index (κ1) is 40.1. The van der Waals surface area contributed by atoms with E-state index in [2.05, 4.69) is 20.3 Å². The highest BCUT2D eigenvalue weighted by atomic mass is 32.2. The van der Waals surface area contributed by atoms with Gasteiger partial charge in [0.1, 0.15) is 40.8 Å². The van der Waals surface area contributed by atoms with Crippen molar-refractivity contribution in [1.29, 1.82) is 0 Å². The first-order valence-electron chi connectivity index (χ1n) is 19.2. The third kappa shape index (κ3) is 9.11. The molecule has 3 fully saturated rings. The maximum atomic E-state index is 14.6. The fourth-order valence-corrected chi connectivity index (χ4v) is 8.74. The van der Waals surface area contributed by atoms with E-state index in [-0.39, 0.29) is 19.4 Å². The summed E-state index contributed by atoms with van der Waals surface area (Å²) in [6.45, 7) is 9.23. The summed E-state index contributed by atoms with van der Waals surface area (Å²) in [4.78, 5) is 61.9. The zero-order chi connectivity index (χ0) is 39.7. The van der Waals surface area contributed by atoms with Crippen LogP contribution >= 0.6 is 0 Å². The molecular weight excluding hydrogens is 731 g/mol. The molecule has 3 heterocycles. The number of nitrogens with zero attached hydrogens (tertiary/aromatic N) is 2. The van der Waals surface area contributed by atoms with Gasteiger partial charge in [-0.15, -0.1) is 0 Å². The number of pyridine rings is 1. The molecule has 6 rings (SSSR count). The number of nitrogens with one attached hydrogen (secondary N) is 3. The number of amides is 4. The lowest BCUT2D eigenvalue weighted by Gasteiger charge is -2.30. The maximum absolute atomic E-state index is 14.6. The Labute approximate surface area is 322 Å². The number of benzene rings is 1. The van der Waals surface area contributed by atoms with E-state index >= 15 is 0 Å². The lowest BCUT2D eigenvalue weighted by Crippen LogP contribution is -2.58. The number of hydrogen-bond donors (Lipinski definition) is 3. The molecule has 0 bridgehead atoms. The second-order valence-electron chi connectivity index (χ2n) is 15.9. The Morgan fingerprint density at radius 2 is 1.85 bits per heavy atom. The van der Waals surface area contributed by atoms with Crippen molar-refractivity contribution >= 4 is 44.7 Å². The Kier molecular flexibility index (Phi) is 11.6. The normalized spacial score (nSPS) is 26.7.